The molecule has 1 N–H and O–H groups in total. The molecule has 1 fully saturated rings. The molecule has 3 rings (SSSR count). The molecule has 0 unspecified atom stereocenters. The van der Waals surface area contributed by atoms with Crippen molar-refractivity contribution in [2.24, 2.45) is 5.92 Å². The van der Waals surface area contributed by atoms with E-state index in [0.29, 0.717) is 12.0 Å². The number of benzene rings is 2. The fraction of sp³-hybridized carbons (Fsp3) is 0.478. The quantitative estimate of drug-likeness (QED) is 0.793. The summed E-state index contributed by atoms with van der Waals surface area (Å²) in [5, 5.41) is 3.78. The Morgan fingerprint density at radius 2 is 1.74 bits per heavy atom. The molecular formula is C23H31NO3. The van der Waals surface area contributed by atoms with Gasteiger partial charge in [-0.05, 0) is 49.9 Å². The molecule has 146 valence electrons. The first-order chi connectivity index (χ1) is 13.0. The van der Waals surface area contributed by atoms with Crippen LogP contribution >= 0.6 is 0 Å². The molecule has 4 heteroatoms. The summed E-state index contributed by atoms with van der Waals surface area (Å²) in [6.07, 6.45) is 2.03. The Balaban J connectivity index is 1.69. The lowest BCUT2D eigenvalue weighted by Crippen LogP contribution is -2.50. The van der Waals surface area contributed by atoms with Gasteiger partial charge in [-0.2, -0.15) is 0 Å². The van der Waals surface area contributed by atoms with Crippen LogP contribution in [0, 0.1) is 5.92 Å². The van der Waals surface area contributed by atoms with Crippen molar-refractivity contribution < 1.29 is 14.2 Å². The second kappa shape index (κ2) is 8.77. The second-order valence-electron chi connectivity index (χ2n) is 7.90. The normalized spacial score (nSPS) is 21.6. The molecule has 0 aromatic heterocycles. The zero-order valence-corrected chi connectivity index (χ0v) is 16.8. The summed E-state index contributed by atoms with van der Waals surface area (Å²) in [5.74, 6) is 1.99. The van der Waals surface area contributed by atoms with E-state index in [1.807, 2.05) is 12.1 Å². The van der Waals surface area contributed by atoms with Crippen molar-refractivity contribution in [3.63, 3.8) is 0 Å². The van der Waals surface area contributed by atoms with E-state index in [2.05, 4.69) is 55.6 Å². The third kappa shape index (κ3) is 5.24. The van der Waals surface area contributed by atoms with Gasteiger partial charge in [-0.25, -0.2) is 0 Å². The van der Waals surface area contributed by atoms with E-state index in [1.54, 1.807) is 14.2 Å². The highest BCUT2D eigenvalue weighted by Crippen LogP contribution is 2.31. The van der Waals surface area contributed by atoms with Gasteiger partial charge in [-0.15, -0.1) is 0 Å². The van der Waals surface area contributed by atoms with Gasteiger partial charge in [-0.1, -0.05) is 36.4 Å². The standard InChI is InChI=1S/C23H31NO3/c1-23(2)14-20(19(16-27-23)12-17-8-6-5-7-9-17)24-15-18-10-11-21(25-3)22(13-18)26-4/h5-11,13,19-20,24H,12,14-16H2,1-4H3/t19-,20+/m0/s1. The van der Waals surface area contributed by atoms with E-state index >= 15 is 0 Å². The molecule has 0 aliphatic carbocycles. The van der Waals surface area contributed by atoms with Gasteiger partial charge in [0.15, 0.2) is 11.5 Å². The minimum atomic E-state index is -0.0948. The summed E-state index contributed by atoms with van der Waals surface area (Å²) in [4.78, 5) is 0. The van der Waals surface area contributed by atoms with Gasteiger partial charge in [0.05, 0.1) is 26.4 Å². The highest BCUT2D eigenvalue weighted by molar-refractivity contribution is 5.42. The monoisotopic (exact) mass is 369 g/mol. The summed E-state index contributed by atoms with van der Waals surface area (Å²) >= 11 is 0. The van der Waals surface area contributed by atoms with Crippen LogP contribution in [0.5, 0.6) is 11.5 Å². The smallest absolute Gasteiger partial charge is 0.161 e. The highest BCUT2D eigenvalue weighted by atomic mass is 16.5. The zero-order chi connectivity index (χ0) is 19.3. The van der Waals surface area contributed by atoms with Crippen LogP contribution in [0.25, 0.3) is 0 Å². The summed E-state index contributed by atoms with van der Waals surface area (Å²) in [7, 11) is 3.33. The SMILES string of the molecule is COc1ccc(CN[C@@H]2CC(C)(C)OC[C@@H]2Cc2ccccc2)cc1OC. The van der Waals surface area contributed by atoms with Crippen molar-refractivity contribution in [1.82, 2.24) is 5.32 Å². The van der Waals surface area contributed by atoms with Crippen LogP contribution in [0.1, 0.15) is 31.4 Å². The molecule has 0 bridgehead atoms. The van der Waals surface area contributed by atoms with Gasteiger partial charge < -0.3 is 19.5 Å². The Morgan fingerprint density at radius 1 is 1.00 bits per heavy atom. The first-order valence-electron chi connectivity index (χ1n) is 9.63. The van der Waals surface area contributed by atoms with Gasteiger partial charge in [0.1, 0.15) is 0 Å². The Labute approximate surface area is 162 Å². The Hall–Kier alpha value is -2.04. The lowest BCUT2D eigenvalue weighted by Gasteiger charge is -2.41. The molecule has 27 heavy (non-hydrogen) atoms. The largest absolute Gasteiger partial charge is 0.493 e. The summed E-state index contributed by atoms with van der Waals surface area (Å²) in [6, 6.07) is 17.2. The summed E-state index contributed by atoms with van der Waals surface area (Å²) < 4.78 is 16.9. The third-order valence-electron chi connectivity index (χ3n) is 5.33. The maximum Gasteiger partial charge on any atom is 0.161 e. The summed E-state index contributed by atoms with van der Waals surface area (Å²) in [5.41, 5.74) is 2.46. The second-order valence-corrected chi connectivity index (χ2v) is 7.90. The number of methoxy groups -OCH3 is 2. The van der Waals surface area contributed by atoms with Crippen molar-refractivity contribution in [3.05, 3.63) is 59.7 Å². The van der Waals surface area contributed by atoms with E-state index in [4.69, 9.17) is 14.2 Å². The van der Waals surface area contributed by atoms with Gasteiger partial charge in [-0.3, -0.25) is 0 Å². The number of hydrogen-bond donors (Lipinski definition) is 1. The van der Waals surface area contributed by atoms with Crippen LogP contribution in [0.15, 0.2) is 48.5 Å². The van der Waals surface area contributed by atoms with Gasteiger partial charge in [0, 0.05) is 18.5 Å². The molecule has 1 heterocycles. The number of ether oxygens (including phenoxy) is 3. The molecule has 2 atom stereocenters. The number of rotatable bonds is 7. The Bertz CT molecular complexity index is 730. The molecule has 2 aromatic carbocycles. The Morgan fingerprint density at radius 3 is 2.44 bits per heavy atom. The lowest BCUT2D eigenvalue weighted by atomic mass is 9.83. The van der Waals surface area contributed by atoms with Crippen LogP contribution in [0.2, 0.25) is 0 Å². The van der Waals surface area contributed by atoms with Gasteiger partial charge in [0.25, 0.3) is 0 Å². The van der Waals surface area contributed by atoms with Gasteiger partial charge in [0.2, 0.25) is 0 Å². The van der Waals surface area contributed by atoms with Crippen molar-refractivity contribution >= 4 is 0 Å². The molecule has 2 aromatic rings. The van der Waals surface area contributed by atoms with Crippen molar-refractivity contribution in [3.8, 4) is 11.5 Å². The van der Waals surface area contributed by atoms with Crippen LogP contribution in [-0.4, -0.2) is 32.5 Å². The Kier molecular flexibility index (Phi) is 6.40. The number of hydrogen-bond acceptors (Lipinski definition) is 4. The fourth-order valence-electron chi connectivity index (χ4n) is 3.80. The third-order valence-corrected chi connectivity index (χ3v) is 5.33. The maximum absolute atomic E-state index is 6.12. The number of nitrogens with one attached hydrogen (secondary N) is 1. The highest BCUT2D eigenvalue weighted by Gasteiger charge is 2.35. The predicted octanol–water partition coefficient (Wildman–Crippen LogP) is 4.22. The molecule has 0 radical (unpaired) electrons. The van der Waals surface area contributed by atoms with Crippen molar-refractivity contribution in [1.29, 1.82) is 0 Å². The minimum Gasteiger partial charge on any atom is -0.493 e. The molecule has 0 saturated carbocycles. The first kappa shape index (κ1) is 19.7. The van der Waals surface area contributed by atoms with Crippen LogP contribution in [-0.2, 0) is 17.7 Å². The van der Waals surface area contributed by atoms with Crippen LogP contribution < -0.4 is 14.8 Å². The molecule has 1 saturated heterocycles. The van der Waals surface area contributed by atoms with Crippen LogP contribution in [0.3, 0.4) is 0 Å². The lowest BCUT2D eigenvalue weighted by molar-refractivity contribution is -0.0906. The molecule has 1 aliphatic heterocycles. The average Bonchev–Trinajstić information content (AvgIpc) is 2.68. The van der Waals surface area contributed by atoms with E-state index in [9.17, 15) is 0 Å². The van der Waals surface area contributed by atoms with E-state index < -0.39 is 0 Å². The van der Waals surface area contributed by atoms with Crippen LogP contribution in [0.4, 0.5) is 0 Å². The minimum absolute atomic E-state index is 0.0948. The maximum atomic E-state index is 6.12. The molecule has 4 nitrogen and oxygen atoms in total. The molecule has 1 aliphatic rings. The van der Waals surface area contributed by atoms with Crippen molar-refractivity contribution in [2.75, 3.05) is 20.8 Å². The van der Waals surface area contributed by atoms with E-state index in [0.717, 1.165) is 37.5 Å². The fourth-order valence-corrected chi connectivity index (χ4v) is 3.80. The summed E-state index contributed by atoms with van der Waals surface area (Å²) in [6.45, 7) is 5.94. The van der Waals surface area contributed by atoms with E-state index in [-0.39, 0.29) is 5.60 Å². The zero-order valence-electron chi connectivity index (χ0n) is 16.8. The molecule has 0 spiro atoms. The predicted molar refractivity (Wildman–Crippen MR) is 108 cm³/mol. The van der Waals surface area contributed by atoms with Gasteiger partial charge >= 0.3 is 0 Å². The van der Waals surface area contributed by atoms with Crippen molar-refractivity contribution in [2.45, 2.75) is 44.9 Å². The van der Waals surface area contributed by atoms with E-state index in [1.165, 1.54) is 11.1 Å². The molecular weight excluding hydrogens is 338 g/mol. The molecule has 0 amide bonds. The topological polar surface area (TPSA) is 39.7 Å². The first-order valence-corrected chi connectivity index (χ1v) is 9.63. The average molecular weight is 370 g/mol.